The number of fused-ring (bicyclic) bond motifs is 1. The first-order chi connectivity index (χ1) is 11.8. The number of nitrogens with two attached hydrogens (primary N) is 1. The lowest BCUT2D eigenvalue weighted by Crippen LogP contribution is -2.02. The largest absolute Gasteiger partial charge is 0.325 e. The molecule has 0 fully saturated rings. The van der Waals surface area contributed by atoms with Gasteiger partial charge < -0.3 is 10.1 Å². The fourth-order valence-electron chi connectivity index (χ4n) is 3.07. The quantitative estimate of drug-likeness (QED) is 0.608. The van der Waals surface area contributed by atoms with Crippen molar-refractivity contribution in [1.29, 1.82) is 0 Å². The summed E-state index contributed by atoms with van der Waals surface area (Å²) in [5.74, 6) is 0. The van der Waals surface area contributed by atoms with Crippen LogP contribution >= 0.6 is 0 Å². The van der Waals surface area contributed by atoms with Gasteiger partial charge in [0.15, 0.2) is 0 Å². The number of rotatable bonds is 3. The van der Waals surface area contributed by atoms with E-state index in [0.29, 0.717) is 6.54 Å². The van der Waals surface area contributed by atoms with Crippen molar-refractivity contribution in [3.05, 3.63) is 84.2 Å². The lowest BCUT2D eigenvalue weighted by atomic mass is 10.0. The molecule has 2 aromatic carbocycles. The molecule has 0 bridgehead atoms. The third-order valence-electron chi connectivity index (χ3n) is 4.34. The van der Waals surface area contributed by atoms with Crippen LogP contribution in [0.2, 0.25) is 0 Å². The Morgan fingerprint density at radius 3 is 2.25 bits per heavy atom. The van der Waals surface area contributed by atoms with Crippen molar-refractivity contribution in [1.82, 2.24) is 9.38 Å². The Balaban J connectivity index is 1.80. The normalized spacial score (nSPS) is 11.1. The van der Waals surface area contributed by atoms with Gasteiger partial charge in [0.1, 0.15) is 5.65 Å². The van der Waals surface area contributed by atoms with Crippen molar-refractivity contribution in [3.63, 3.8) is 0 Å². The molecule has 4 rings (SSSR count). The minimum atomic E-state index is 0.458. The molecule has 0 aliphatic carbocycles. The third-order valence-corrected chi connectivity index (χ3v) is 4.34. The molecule has 0 saturated carbocycles. The van der Waals surface area contributed by atoms with Crippen LogP contribution in [-0.2, 0) is 6.54 Å². The molecule has 3 heteroatoms. The SMILES string of the molecule is Cc1ccn2c(CN)c(-c3ccc(-c4ccccc4)cc3)nc2c1. The van der Waals surface area contributed by atoms with Gasteiger partial charge in [0.05, 0.1) is 11.4 Å². The molecule has 118 valence electrons. The summed E-state index contributed by atoms with van der Waals surface area (Å²) in [6.45, 7) is 2.53. The Hall–Kier alpha value is -2.91. The van der Waals surface area contributed by atoms with E-state index in [1.54, 1.807) is 0 Å². The lowest BCUT2D eigenvalue weighted by molar-refractivity contribution is 0.960. The number of benzene rings is 2. The molecular weight excluding hydrogens is 294 g/mol. The van der Waals surface area contributed by atoms with Crippen LogP contribution in [-0.4, -0.2) is 9.38 Å². The van der Waals surface area contributed by atoms with E-state index in [0.717, 1.165) is 22.6 Å². The fraction of sp³-hybridized carbons (Fsp3) is 0.0952. The molecule has 3 nitrogen and oxygen atoms in total. The smallest absolute Gasteiger partial charge is 0.137 e. The topological polar surface area (TPSA) is 43.3 Å². The highest BCUT2D eigenvalue weighted by Gasteiger charge is 2.13. The van der Waals surface area contributed by atoms with Crippen LogP contribution in [0.3, 0.4) is 0 Å². The number of pyridine rings is 1. The number of hydrogen-bond acceptors (Lipinski definition) is 2. The molecule has 2 aromatic heterocycles. The molecule has 0 aliphatic rings. The Kier molecular flexibility index (Phi) is 3.63. The molecule has 2 N–H and O–H groups in total. The summed E-state index contributed by atoms with van der Waals surface area (Å²) >= 11 is 0. The van der Waals surface area contributed by atoms with Crippen LogP contribution in [0.5, 0.6) is 0 Å². The van der Waals surface area contributed by atoms with E-state index in [9.17, 15) is 0 Å². The summed E-state index contributed by atoms with van der Waals surface area (Å²) < 4.78 is 2.08. The van der Waals surface area contributed by atoms with Gasteiger partial charge in [-0.1, -0.05) is 54.6 Å². The van der Waals surface area contributed by atoms with Crippen molar-refractivity contribution in [2.45, 2.75) is 13.5 Å². The zero-order valence-electron chi connectivity index (χ0n) is 13.6. The molecule has 0 atom stereocenters. The molecule has 0 unspecified atom stereocenters. The van der Waals surface area contributed by atoms with E-state index in [1.165, 1.54) is 16.7 Å². The number of aromatic nitrogens is 2. The van der Waals surface area contributed by atoms with Crippen molar-refractivity contribution >= 4 is 5.65 Å². The molecule has 4 aromatic rings. The summed E-state index contributed by atoms with van der Waals surface area (Å²) in [6, 6.07) is 23.1. The average Bonchev–Trinajstić information content (AvgIpc) is 3.00. The number of imidazole rings is 1. The standard InChI is InChI=1S/C21H19N3/c1-15-11-12-24-19(14-22)21(23-20(24)13-15)18-9-7-17(8-10-18)16-5-3-2-4-6-16/h2-13H,14,22H2,1H3. The highest BCUT2D eigenvalue weighted by Crippen LogP contribution is 2.27. The van der Waals surface area contributed by atoms with Gasteiger partial charge in [-0.05, 0) is 35.7 Å². The van der Waals surface area contributed by atoms with E-state index < -0.39 is 0 Å². The van der Waals surface area contributed by atoms with Crippen LogP contribution in [0.4, 0.5) is 0 Å². The second kappa shape index (κ2) is 5.95. The van der Waals surface area contributed by atoms with Gasteiger partial charge in [-0.25, -0.2) is 4.98 Å². The molecule has 0 spiro atoms. The van der Waals surface area contributed by atoms with E-state index in [-0.39, 0.29) is 0 Å². The lowest BCUT2D eigenvalue weighted by Gasteiger charge is -2.05. The monoisotopic (exact) mass is 313 g/mol. The minimum absolute atomic E-state index is 0.458. The molecule has 0 aliphatic heterocycles. The molecular formula is C21H19N3. The van der Waals surface area contributed by atoms with E-state index >= 15 is 0 Å². The molecule has 2 heterocycles. The Morgan fingerprint density at radius 1 is 0.875 bits per heavy atom. The minimum Gasteiger partial charge on any atom is -0.325 e. The van der Waals surface area contributed by atoms with Gasteiger partial charge >= 0.3 is 0 Å². The summed E-state index contributed by atoms with van der Waals surface area (Å²) in [5, 5.41) is 0. The summed E-state index contributed by atoms with van der Waals surface area (Å²) in [7, 11) is 0. The highest BCUT2D eigenvalue weighted by molar-refractivity contribution is 5.71. The molecule has 0 amide bonds. The van der Waals surface area contributed by atoms with E-state index in [2.05, 4.69) is 72.0 Å². The summed E-state index contributed by atoms with van der Waals surface area (Å²) in [4.78, 5) is 4.80. The number of hydrogen-bond donors (Lipinski definition) is 1. The predicted molar refractivity (Wildman–Crippen MR) is 98.7 cm³/mol. The Bertz CT molecular complexity index is 983. The first kappa shape index (κ1) is 14.7. The molecule has 0 saturated heterocycles. The average molecular weight is 313 g/mol. The van der Waals surface area contributed by atoms with Crippen molar-refractivity contribution in [3.8, 4) is 22.4 Å². The van der Waals surface area contributed by atoms with Gasteiger partial charge in [-0.15, -0.1) is 0 Å². The van der Waals surface area contributed by atoms with Crippen molar-refractivity contribution in [2.24, 2.45) is 5.73 Å². The fourth-order valence-corrected chi connectivity index (χ4v) is 3.07. The number of nitrogens with zero attached hydrogens (tertiary/aromatic N) is 2. The van der Waals surface area contributed by atoms with Crippen LogP contribution < -0.4 is 5.73 Å². The second-order valence-corrected chi connectivity index (χ2v) is 5.99. The first-order valence-corrected chi connectivity index (χ1v) is 8.10. The molecule has 0 radical (unpaired) electrons. The zero-order chi connectivity index (χ0) is 16.5. The van der Waals surface area contributed by atoms with Crippen molar-refractivity contribution in [2.75, 3.05) is 0 Å². The van der Waals surface area contributed by atoms with Crippen LogP contribution in [0, 0.1) is 6.92 Å². The van der Waals surface area contributed by atoms with Crippen molar-refractivity contribution < 1.29 is 0 Å². The summed E-state index contributed by atoms with van der Waals surface area (Å²) in [6.07, 6.45) is 2.04. The molecule has 24 heavy (non-hydrogen) atoms. The van der Waals surface area contributed by atoms with Crippen LogP contribution in [0.15, 0.2) is 72.9 Å². The van der Waals surface area contributed by atoms with Gasteiger partial charge in [0.25, 0.3) is 0 Å². The van der Waals surface area contributed by atoms with Gasteiger partial charge in [0, 0.05) is 18.3 Å². The Morgan fingerprint density at radius 2 is 1.54 bits per heavy atom. The third kappa shape index (κ3) is 2.49. The second-order valence-electron chi connectivity index (χ2n) is 5.99. The van der Waals surface area contributed by atoms with E-state index in [1.807, 2.05) is 12.3 Å². The first-order valence-electron chi connectivity index (χ1n) is 8.10. The zero-order valence-corrected chi connectivity index (χ0v) is 13.6. The predicted octanol–water partition coefficient (Wildman–Crippen LogP) is 4.44. The maximum absolute atomic E-state index is 6.00. The maximum Gasteiger partial charge on any atom is 0.137 e. The van der Waals surface area contributed by atoms with E-state index in [4.69, 9.17) is 10.7 Å². The Labute approximate surface area is 141 Å². The van der Waals surface area contributed by atoms with Crippen LogP contribution in [0.25, 0.3) is 28.0 Å². The highest BCUT2D eigenvalue weighted by atomic mass is 15.0. The van der Waals surface area contributed by atoms with Gasteiger partial charge in [-0.2, -0.15) is 0 Å². The van der Waals surface area contributed by atoms with Gasteiger partial charge in [-0.3, -0.25) is 0 Å². The summed E-state index contributed by atoms with van der Waals surface area (Å²) in [5.41, 5.74) is 13.6. The van der Waals surface area contributed by atoms with Gasteiger partial charge in [0.2, 0.25) is 0 Å². The van der Waals surface area contributed by atoms with Crippen LogP contribution in [0.1, 0.15) is 11.3 Å². The number of aryl methyl sites for hydroxylation is 1. The maximum atomic E-state index is 6.00.